The summed E-state index contributed by atoms with van der Waals surface area (Å²) in [5.41, 5.74) is 9.24. The van der Waals surface area contributed by atoms with Gasteiger partial charge in [0.15, 0.2) is 24.6 Å². The highest BCUT2D eigenvalue weighted by atomic mass is 16.8. The van der Waals surface area contributed by atoms with Crippen molar-refractivity contribution in [3.05, 3.63) is 10.4 Å². The zero-order chi connectivity index (χ0) is 34.7. The molecule has 0 radical (unpaired) electrons. The van der Waals surface area contributed by atoms with Gasteiger partial charge in [0.2, 0.25) is 12.4 Å². The number of hydrogen-bond acceptors (Lipinski definition) is 18. The second kappa shape index (κ2) is 17.2. The molecule has 256 valence electrons. The molecule has 0 N–H and O–H groups in total. The standard InChI is InChI=1S/C26H35N3O17/c1-10(30)37-8-17-19(28-29-27)21(39-12(3)32)23(41-14(5)34)26(44-17)46-20-18(9-38-11(2)31)45-25(43-16(7)36)24(42-15(6)35)22(20)40-13(4)33/h17-26H,8-9H2,1-7H3/t17?,18?,19-,20-,21+,22+,23?,24?,25+,26-/m1/s1. The largest absolute Gasteiger partial charge is 0.463 e. The molecule has 0 aromatic carbocycles. The smallest absolute Gasteiger partial charge is 0.305 e. The molecular formula is C26H35N3O17. The number of azide groups is 1. The molecule has 0 bridgehead atoms. The number of carbonyl (C=O) groups excluding carboxylic acids is 7. The molecule has 2 aliphatic rings. The minimum absolute atomic E-state index is 0.570. The summed E-state index contributed by atoms with van der Waals surface area (Å²) in [7, 11) is 0. The normalized spacial score (nSPS) is 30.3. The molecule has 2 heterocycles. The fourth-order valence-electron chi connectivity index (χ4n) is 4.61. The van der Waals surface area contributed by atoms with Gasteiger partial charge in [-0.2, -0.15) is 0 Å². The Labute approximate surface area is 261 Å². The van der Waals surface area contributed by atoms with Gasteiger partial charge in [0, 0.05) is 53.4 Å². The van der Waals surface area contributed by atoms with Gasteiger partial charge in [-0.15, -0.1) is 0 Å². The molecule has 0 saturated carbocycles. The van der Waals surface area contributed by atoms with Crippen LogP contribution in [-0.2, 0) is 80.9 Å². The van der Waals surface area contributed by atoms with Crippen LogP contribution in [0.4, 0.5) is 0 Å². The number of carbonyl (C=O) groups is 7. The number of esters is 7. The number of nitrogens with zero attached hydrogens (tertiary/aromatic N) is 3. The van der Waals surface area contributed by atoms with E-state index >= 15 is 0 Å². The first-order chi connectivity index (χ1) is 21.5. The van der Waals surface area contributed by atoms with Crippen LogP contribution in [-0.4, -0.2) is 116 Å². The molecule has 0 aromatic rings. The average molecular weight is 662 g/mol. The van der Waals surface area contributed by atoms with Gasteiger partial charge in [0.25, 0.3) is 0 Å². The molecule has 0 amide bonds. The minimum Gasteiger partial charge on any atom is -0.463 e. The van der Waals surface area contributed by atoms with Gasteiger partial charge in [-0.05, 0) is 5.53 Å². The third-order valence-electron chi connectivity index (χ3n) is 6.08. The highest BCUT2D eigenvalue weighted by molar-refractivity contribution is 5.69. The van der Waals surface area contributed by atoms with Crippen molar-refractivity contribution in [3.63, 3.8) is 0 Å². The lowest BCUT2D eigenvalue weighted by Gasteiger charge is -2.48. The van der Waals surface area contributed by atoms with Crippen LogP contribution >= 0.6 is 0 Å². The van der Waals surface area contributed by atoms with Crippen molar-refractivity contribution in [3.8, 4) is 0 Å². The highest BCUT2D eigenvalue weighted by Gasteiger charge is 2.57. The molecular weight excluding hydrogens is 626 g/mol. The molecule has 0 aromatic heterocycles. The van der Waals surface area contributed by atoms with Crippen molar-refractivity contribution in [1.29, 1.82) is 0 Å². The van der Waals surface area contributed by atoms with E-state index in [-0.39, 0.29) is 0 Å². The lowest BCUT2D eigenvalue weighted by Crippen LogP contribution is -2.66. The van der Waals surface area contributed by atoms with Gasteiger partial charge in [-0.3, -0.25) is 33.6 Å². The van der Waals surface area contributed by atoms with E-state index in [9.17, 15) is 39.1 Å². The summed E-state index contributed by atoms with van der Waals surface area (Å²) in [6, 6.07) is -1.44. The fourth-order valence-corrected chi connectivity index (χ4v) is 4.61. The van der Waals surface area contributed by atoms with Crippen LogP contribution in [0.25, 0.3) is 10.4 Å². The summed E-state index contributed by atoms with van der Waals surface area (Å²) in [6.45, 7) is 6.05. The average Bonchev–Trinajstić information content (AvgIpc) is 2.91. The van der Waals surface area contributed by atoms with Crippen LogP contribution in [0.3, 0.4) is 0 Å². The van der Waals surface area contributed by atoms with Gasteiger partial charge >= 0.3 is 41.8 Å². The Kier molecular flexibility index (Phi) is 14.1. The first-order valence-corrected chi connectivity index (χ1v) is 13.7. The van der Waals surface area contributed by atoms with Crippen molar-refractivity contribution < 1.29 is 80.9 Å². The lowest BCUT2D eigenvalue weighted by atomic mass is 9.95. The summed E-state index contributed by atoms with van der Waals surface area (Å²) < 4.78 is 54.6. The van der Waals surface area contributed by atoms with E-state index in [0.29, 0.717) is 0 Å². The quantitative estimate of drug-likeness (QED) is 0.0870. The molecule has 0 aliphatic carbocycles. The zero-order valence-electron chi connectivity index (χ0n) is 26.0. The second-order valence-corrected chi connectivity index (χ2v) is 9.89. The first-order valence-electron chi connectivity index (χ1n) is 13.7. The second-order valence-electron chi connectivity index (χ2n) is 9.89. The van der Waals surface area contributed by atoms with E-state index in [1.807, 2.05) is 0 Å². The Balaban J connectivity index is 2.72. The summed E-state index contributed by atoms with van der Waals surface area (Å²) in [5.74, 6) is -6.11. The van der Waals surface area contributed by atoms with E-state index in [1.54, 1.807) is 0 Å². The topological polar surface area (TPSA) is 261 Å². The molecule has 2 saturated heterocycles. The maximum Gasteiger partial charge on any atom is 0.305 e. The maximum absolute atomic E-state index is 12.3. The van der Waals surface area contributed by atoms with Crippen molar-refractivity contribution in [2.24, 2.45) is 5.11 Å². The summed E-state index contributed by atoms with van der Waals surface area (Å²) in [5, 5.41) is 3.60. The van der Waals surface area contributed by atoms with Crippen molar-refractivity contribution in [2.45, 2.75) is 110 Å². The third-order valence-corrected chi connectivity index (χ3v) is 6.08. The van der Waals surface area contributed by atoms with Gasteiger partial charge < -0.3 is 47.4 Å². The summed E-state index contributed by atoms with van der Waals surface area (Å²) in [6.07, 6.45) is -14.6. The molecule has 46 heavy (non-hydrogen) atoms. The predicted molar refractivity (Wildman–Crippen MR) is 142 cm³/mol. The molecule has 2 fully saturated rings. The fraction of sp³-hybridized carbons (Fsp3) is 0.731. The maximum atomic E-state index is 12.3. The summed E-state index contributed by atoms with van der Waals surface area (Å²) >= 11 is 0. The SMILES string of the molecule is CC(=O)OCC1O[C@H](O[C@@H]2C(COC(C)=O)O[C@H](OC(C)=O)C(OC(C)=O)[C@H]2OC(C)=O)C(OC(C)=O)[C@@H](OC(C)=O)[C@@H]1N=[N+]=[N-]. The molecule has 20 heteroatoms. The molecule has 20 nitrogen and oxygen atoms in total. The van der Waals surface area contributed by atoms with Crippen LogP contribution in [0.2, 0.25) is 0 Å². The Hall–Kier alpha value is -4.52. The van der Waals surface area contributed by atoms with Crippen molar-refractivity contribution in [2.75, 3.05) is 13.2 Å². The van der Waals surface area contributed by atoms with E-state index in [0.717, 1.165) is 48.5 Å². The van der Waals surface area contributed by atoms with Crippen LogP contribution in [0.5, 0.6) is 0 Å². The predicted octanol–water partition coefficient (Wildman–Crippen LogP) is -0.0836. The Morgan fingerprint density at radius 2 is 0.957 bits per heavy atom. The molecule has 2 rings (SSSR count). The number of rotatable bonds is 12. The molecule has 2 aliphatic heterocycles. The lowest BCUT2D eigenvalue weighted by molar-refractivity contribution is -0.349. The van der Waals surface area contributed by atoms with Crippen LogP contribution < -0.4 is 0 Å². The van der Waals surface area contributed by atoms with Gasteiger partial charge in [0.05, 0.1) is 0 Å². The molecule has 10 atom stereocenters. The molecule has 0 spiro atoms. The number of hydrogen-bond donors (Lipinski definition) is 0. The monoisotopic (exact) mass is 661 g/mol. The van der Waals surface area contributed by atoms with Crippen LogP contribution in [0.15, 0.2) is 5.11 Å². The Morgan fingerprint density at radius 1 is 0.543 bits per heavy atom. The zero-order valence-corrected chi connectivity index (χ0v) is 26.0. The summed E-state index contributed by atoms with van der Waals surface area (Å²) in [4.78, 5) is 86.7. The van der Waals surface area contributed by atoms with Gasteiger partial charge in [-0.1, -0.05) is 5.11 Å². The number of ether oxygens (including phenoxy) is 10. The van der Waals surface area contributed by atoms with Crippen molar-refractivity contribution in [1.82, 2.24) is 0 Å². The van der Waals surface area contributed by atoms with E-state index < -0.39 is 116 Å². The Bertz CT molecular complexity index is 1220. The van der Waals surface area contributed by atoms with Gasteiger partial charge in [0.1, 0.15) is 37.6 Å². The first kappa shape index (κ1) is 37.7. The van der Waals surface area contributed by atoms with E-state index in [2.05, 4.69) is 10.0 Å². The van der Waals surface area contributed by atoms with E-state index in [4.69, 9.17) is 47.4 Å². The van der Waals surface area contributed by atoms with Gasteiger partial charge in [-0.25, -0.2) is 0 Å². The van der Waals surface area contributed by atoms with Crippen LogP contribution in [0.1, 0.15) is 48.5 Å². The Morgan fingerprint density at radius 3 is 1.41 bits per heavy atom. The third kappa shape index (κ3) is 11.1. The molecule has 4 unspecified atom stereocenters. The van der Waals surface area contributed by atoms with E-state index in [1.165, 1.54) is 0 Å². The minimum atomic E-state index is -1.81. The highest BCUT2D eigenvalue weighted by Crippen LogP contribution is 2.35. The van der Waals surface area contributed by atoms with Crippen LogP contribution in [0, 0.1) is 0 Å². The van der Waals surface area contributed by atoms with Crippen molar-refractivity contribution >= 4 is 41.8 Å².